The average Bonchev–Trinajstić information content (AvgIpc) is 2.49. The number of hydrogen-bond acceptors (Lipinski definition) is 8. The summed E-state index contributed by atoms with van der Waals surface area (Å²) in [7, 11) is 3.37. The summed E-state index contributed by atoms with van der Waals surface area (Å²) in [5, 5.41) is 37.9. The molecule has 2 heterocycles. The molecule has 0 spiro atoms. The summed E-state index contributed by atoms with van der Waals surface area (Å²) in [6, 6.07) is -1.08. The fraction of sp³-hybridized carbons (Fsp3) is 0.933. The number of aliphatic hydroxyl groups excluding tert-OH is 2. The molecule has 3 rings (SSSR count). The van der Waals surface area contributed by atoms with Crippen LogP contribution in [0.2, 0.25) is 0 Å². The number of likely N-dealkylation sites (N-methyl/N-ethyl adjacent to an activating group) is 2. The first kappa shape index (κ1) is 21.1. The van der Waals surface area contributed by atoms with Crippen LogP contribution in [0.4, 0.5) is 0 Å². The molecule has 0 aromatic heterocycles. The maximum atomic E-state index is 10.9. The molecule has 0 bridgehead atoms. The van der Waals surface area contributed by atoms with Crippen molar-refractivity contribution >= 4 is 0 Å². The molecular weight excluding hydrogens is 393 g/mol. The van der Waals surface area contributed by atoms with Crippen molar-refractivity contribution in [1.82, 2.24) is 10.6 Å². The summed E-state index contributed by atoms with van der Waals surface area (Å²) in [6.07, 6.45) is -3.86. The van der Waals surface area contributed by atoms with Crippen LogP contribution < -0.4 is 10.6 Å². The van der Waals surface area contributed by atoms with Crippen LogP contribution in [0.5, 0.6) is 0 Å². The molecule has 0 unspecified atom stereocenters. The van der Waals surface area contributed by atoms with Crippen molar-refractivity contribution in [3.63, 3.8) is 0 Å². The molecule has 137 valence electrons. The van der Waals surface area contributed by atoms with Gasteiger partial charge in [-0.15, -0.1) is 6.42 Å². The van der Waals surface area contributed by atoms with Gasteiger partial charge in [-0.25, -0.2) is 0 Å². The van der Waals surface area contributed by atoms with Crippen LogP contribution in [-0.4, -0.2) is 84.1 Å². The Morgan fingerprint density at radius 2 is 1.67 bits per heavy atom. The van der Waals surface area contributed by atoms with E-state index in [9.17, 15) is 15.3 Å². The number of aliphatic hydroxyl groups is 3. The van der Waals surface area contributed by atoms with Gasteiger partial charge in [0.1, 0.15) is 18.3 Å². The molecule has 9 atom stereocenters. The zero-order chi connectivity index (χ0) is 16.9. The summed E-state index contributed by atoms with van der Waals surface area (Å²) in [4.78, 5) is 0. The first-order valence-corrected chi connectivity index (χ1v) is 8.08. The van der Waals surface area contributed by atoms with E-state index in [1.165, 1.54) is 0 Å². The van der Waals surface area contributed by atoms with Crippen molar-refractivity contribution in [2.24, 2.45) is 0 Å². The summed E-state index contributed by atoms with van der Waals surface area (Å²) in [6.45, 7) is 3.70. The Labute approximate surface area is 167 Å². The molecule has 0 amide bonds. The second-order valence-corrected chi connectivity index (χ2v) is 6.75. The first-order chi connectivity index (χ1) is 10.8. The fourth-order valence-electron chi connectivity index (χ4n) is 3.96. The number of ether oxygens (including phenoxy) is 3. The second kappa shape index (κ2) is 7.80. The molecule has 24 heavy (non-hydrogen) atoms. The van der Waals surface area contributed by atoms with Gasteiger partial charge >= 0.3 is 0 Å². The van der Waals surface area contributed by atoms with Crippen molar-refractivity contribution in [3.05, 3.63) is 5.92 Å². The van der Waals surface area contributed by atoms with E-state index < -0.39 is 48.6 Å². The Balaban J connectivity index is 0.00000208. The molecule has 0 aromatic carbocycles. The van der Waals surface area contributed by atoms with Crippen LogP contribution in [0.3, 0.4) is 0 Å². The normalized spacial score (nSPS) is 52.1. The zero-order valence-corrected chi connectivity index (χ0v) is 17.3. The molecule has 3 fully saturated rings. The largest absolute Gasteiger partial charge is 0.390 e. The van der Waals surface area contributed by atoms with E-state index in [2.05, 4.69) is 10.6 Å². The van der Waals surface area contributed by atoms with Gasteiger partial charge in [-0.05, 0) is 21.0 Å². The molecule has 3 aliphatic rings. The SMILES string of the molecule is CN[C@@H]1[C@H](O)[C@H](NC)[C@H]2O[C@@]3(O)[C-](C)C[C@@H](C)O[C@H]3O[C@@H]2[C@H]1O.[Y]. The molecule has 2 aliphatic heterocycles. The minimum Gasteiger partial charge on any atom is -0.390 e. The van der Waals surface area contributed by atoms with Gasteiger partial charge in [0, 0.05) is 38.8 Å². The maximum absolute atomic E-state index is 10.9. The molecule has 5 N–H and O–H groups in total. The second-order valence-electron chi connectivity index (χ2n) is 6.75. The Hall–Kier alpha value is 0.784. The van der Waals surface area contributed by atoms with Crippen molar-refractivity contribution < 1.29 is 62.2 Å². The minimum atomic E-state index is -1.67. The van der Waals surface area contributed by atoms with Gasteiger partial charge < -0.3 is 40.2 Å². The van der Waals surface area contributed by atoms with Gasteiger partial charge in [-0.3, -0.25) is 5.92 Å². The number of fused-ring (bicyclic) bond motifs is 2. The van der Waals surface area contributed by atoms with Gasteiger partial charge in [0.2, 0.25) is 0 Å². The Bertz CT molecular complexity index is 446. The van der Waals surface area contributed by atoms with Gasteiger partial charge in [-0.1, -0.05) is 0 Å². The third-order valence-electron chi connectivity index (χ3n) is 5.26. The van der Waals surface area contributed by atoms with Crippen LogP contribution >= 0.6 is 0 Å². The first-order valence-electron chi connectivity index (χ1n) is 8.08. The van der Waals surface area contributed by atoms with Crippen LogP contribution in [0, 0.1) is 5.92 Å². The van der Waals surface area contributed by atoms with E-state index in [1.54, 1.807) is 21.0 Å². The Morgan fingerprint density at radius 3 is 2.25 bits per heavy atom. The topological polar surface area (TPSA) is 112 Å². The monoisotopic (exact) mass is 420 g/mol. The summed E-state index contributed by atoms with van der Waals surface area (Å²) in [5.74, 6) is -0.955. The van der Waals surface area contributed by atoms with E-state index in [4.69, 9.17) is 14.2 Å². The average molecular weight is 420 g/mol. The van der Waals surface area contributed by atoms with Gasteiger partial charge in [0.15, 0.2) is 6.29 Å². The smallest absolute Gasteiger partial charge is 0.182 e. The van der Waals surface area contributed by atoms with Crippen LogP contribution in [0.25, 0.3) is 0 Å². The van der Waals surface area contributed by atoms with Crippen LogP contribution in [0.15, 0.2) is 0 Å². The molecular formula is C15H27N2O6Y-. The fourth-order valence-corrected chi connectivity index (χ4v) is 3.96. The van der Waals surface area contributed by atoms with Crippen molar-refractivity contribution in [2.75, 3.05) is 14.1 Å². The van der Waals surface area contributed by atoms with Gasteiger partial charge in [0.25, 0.3) is 0 Å². The van der Waals surface area contributed by atoms with E-state index >= 15 is 0 Å². The molecule has 1 aliphatic carbocycles. The Kier molecular flexibility index (Phi) is 6.85. The number of rotatable bonds is 2. The third kappa shape index (κ3) is 3.24. The maximum Gasteiger partial charge on any atom is 0.182 e. The summed E-state index contributed by atoms with van der Waals surface area (Å²) < 4.78 is 17.5. The van der Waals surface area contributed by atoms with Crippen LogP contribution in [0.1, 0.15) is 20.3 Å². The van der Waals surface area contributed by atoms with Gasteiger partial charge in [0.05, 0.1) is 24.0 Å². The third-order valence-corrected chi connectivity index (χ3v) is 5.26. The van der Waals surface area contributed by atoms with Crippen molar-refractivity contribution in [1.29, 1.82) is 0 Å². The molecule has 8 nitrogen and oxygen atoms in total. The van der Waals surface area contributed by atoms with E-state index in [0.29, 0.717) is 12.3 Å². The number of nitrogens with one attached hydrogen (secondary N) is 2. The van der Waals surface area contributed by atoms with Crippen molar-refractivity contribution in [3.8, 4) is 0 Å². The summed E-state index contributed by atoms with van der Waals surface area (Å²) >= 11 is 0. The predicted molar refractivity (Wildman–Crippen MR) is 80.3 cm³/mol. The van der Waals surface area contributed by atoms with Gasteiger partial charge in [-0.2, -0.15) is 6.92 Å². The summed E-state index contributed by atoms with van der Waals surface area (Å²) in [5.41, 5.74) is 0. The van der Waals surface area contributed by atoms with E-state index in [-0.39, 0.29) is 38.8 Å². The number of hydrogen-bond donors (Lipinski definition) is 5. The standard InChI is InChI=1S/C15H27N2O6.Y/c1-6-5-7(2)21-14-15(6,20)23-12-9(17-4)10(18)8(16-3)11(19)13(12)22-14;/h7-14,16-20H,5H2,1-4H3;/q-1;/t7-,8-,9+,10+,11+,12-,13-,14+,15+;/m1./s1. The van der Waals surface area contributed by atoms with Crippen molar-refractivity contribution in [2.45, 2.75) is 74.9 Å². The molecule has 1 radical (unpaired) electrons. The molecule has 2 saturated heterocycles. The molecule has 9 heteroatoms. The predicted octanol–water partition coefficient (Wildman–Crippen LogP) is -1.90. The minimum absolute atomic E-state index is 0. The van der Waals surface area contributed by atoms with E-state index in [1.807, 2.05) is 6.92 Å². The van der Waals surface area contributed by atoms with E-state index in [0.717, 1.165) is 0 Å². The molecule has 0 aromatic rings. The molecule has 1 saturated carbocycles. The quantitative estimate of drug-likeness (QED) is 0.330. The Morgan fingerprint density at radius 1 is 1.04 bits per heavy atom. The van der Waals surface area contributed by atoms with Crippen LogP contribution in [-0.2, 0) is 46.9 Å². The zero-order valence-electron chi connectivity index (χ0n) is 14.5.